The second-order valence-electron chi connectivity index (χ2n) is 9.61. The quantitative estimate of drug-likeness (QED) is 0.134. The van der Waals surface area contributed by atoms with Crippen molar-refractivity contribution in [2.24, 2.45) is 5.10 Å². The number of ether oxygens (including phenoxy) is 2. The Kier molecular flexibility index (Phi) is 10.7. The molecule has 0 unspecified atom stereocenters. The van der Waals surface area contributed by atoms with Crippen LogP contribution in [0.25, 0.3) is 0 Å². The van der Waals surface area contributed by atoms with E-state index in [9.17, 15) is 13.2 Å². The zero-order valence-electron chi connectivity index (χ0n) is 23.9. The first-order valence-electron chi connectivity index (χ1n) is 13.4. The number of benzene rings is 4. The number of aryl methyl sites for hydroxylation is 2. The van der Waals surface area contributed by atoms with Crippen LogP contribution in [-0.2, 0) is 21.4 Å². The average Bonchev–Trinajstić information content (AvgIpc) is 2.98. The maximum Gasteiger partial charge on any atom is 0.264 e. The Labute approximate surface area is 261 Å². The number of carbonyl (C=O) groups excluding carboxylic acids is 1. The Bertz CT molecular complexity index is 1710. The Hall–Kier alpha value is -4.05. The van der Waals surface area contributed by atoms with Crippen molar-refractivity contribution in [2.45, 2.75) is 32.3 Å². The first-order chi connectivity index (χ1) is 20.6. The molecule has 0 fully saturated rings. The summed E-state index contributed by atoms with van der Waals surface area (Å²) in [5.41, 5.74) is 5.94. The van der Waals surface area contributed by atoms with Gasteiger partial charge in [0.1, 0.15) is 13.2 Å². The number of anilines is 1. The van der Waals surface area contributed by atoms with E-state index in [1.807, 2.05) is 32.9 Å². The van der Waals surface area contributed by atoms with Crippen LogP contribution in [-0.4, -0.2) is 33.7 Å². The molecule has 0 aliphatic rings. The van der Waals surface area contributed by atoms with Crippen LogP contribution in [0, 0.1) is 13.8 Å². The number of hydrogen-bond acceptors (Lipinski definition) is 6. The molecule has 4 aromatic carbocycles. The minimum absolute atomic E-state index is 0.0490. The molecule has 0 saturated heterocycles. The molecule has 1 N–H and O–H groups in total. The summed E-state index contributed by atoms with van der Waals surface area (Å²) >= 11 is 12.3. The van der Waals surface area contributed by atoms with E-state index in [0.717, 1.165) is 21.0 Å². The molecule has 0 aromatic heterocycles. The zero-order chi connectivity index (χ0) is 31.0. The molecular formula is C32H31Cl2N3O5S. The third-order valence-electron chi connectivity index (χ3n) is 6.32. The molecule has 0 atom stereocenters. The van der Waals surface area contributed by atoms with Crippen LogP contribution in [0.3, 0.4) is 0 Å². The Morgan fingerprint density at radius 1 is 0.907 bits per heavy atom. The van der Waals surface area contributed by atoms with Gasteiger partial charge < -0.3 is 9.47 Å². The van der Waals surface area contributed by atoms with Gasteiger partial charge in [-0.05, 0) is 92.1 Å². The number of halogens is 2. The molecule has 0 saturated carbocycles. The standard InChI is InChI=1S/C32H31Cl2N3O5S/c1-4-41-31-17-25(10-16-30(31)42-21-24-8-11-26(33)12-9-24)19-35-36-32(38)20-37(27-13-7-23(3)29(34)18-27)43(39,40)28-14-5-22(2)6-15-28/h5-19H,4,20-21H2,1-3H3,(H,36,38)/b35-19-. The van der Waals surface area contributed by atoms with Gasteiger partial charge in [-0.1, -0.05) is 59.1 Å². The van der Waals surface area contributed by atoms with Crippen molar-refractivity contribution in [1.82, 2.24) is 5.43 Å². The van der Waals surface area contributed by atoms with Crippen LogP contribution >= 0.6 is 23.2 Å². The normalized spacial score (nSPS) is 11.4. The molecule has 8 nitrogen and oxygen atoms in total. The van der Waals surface area contributed by atoms with Gasteiger partial charge in [0, 0.05) is 10.0 Å². The van der Waals surface area contributed by atoms with Gasteiger partial charge >= 0.3 is 0 Å². The Morgan fingerprint density at radius 3 is 2.30 bits per heavy atom. The number of sulfonamides is 1. The summed E-state index contributed by atoms with van der Waals surface area (Å²) in [5, 5.41) is 5.07. The molecule has 0 aliphatic carbocycles. The van der Waals surface area contributed by atoms with E-state index in [-0.39, 0.29) is 10.6 Å². The summed E-state index contributed by atoms with van der Waals surface area (Å²) in [6, 6.07) is 23.8. The van der Waals surface area contributed by atoms with Crippen molar-refractivity contribution < 1.29 is 22.7 Å². The summed E-state index contributed by atoms with van der Waals surface area (Å²) in [5.74, 6) is 0.418. The highest BCUT2D eigenvalue weighted by Gasteiger charge is 2.27. The Balaban J connectivity index is 1.48. The number of amides is 1. The average molecular weight is 641 g/mol. The van der Waals surface area contributed by atoms with E-state index in [2.05, 4.69) is 10.5 Å². The minimum Gasteiger partial charge on any atom is -0.490 e. The molecule has 0 heterocycles. The second-order valence-corrected chi connectivity index (χ2v) is 12.3. The molecule has 0 aliphatic heterocycles. The van der Waals surface area contributed by atoms with Gasteiger partial charge in [-0.2, -0.15) is 5.10 Å². The maximum atomic E-state index is 13.6. The lowest BCUT2D eigenvalue weighted by atomic mass is 10.2. The molecule has 4 aromatic rings. The fraction of sp³-hybridized carbons (Fsp3) is 0.188. The summed E-state index contributed by atoms with van der Waals surface area (Å²) in [4.78, 5) is 13.0. The van der Waals surface area contributed by atoms with Crippen LogP contribution in [0.4, 0.5) is 5.69 Å². The van der Waals surface area contributed by atoms with Gasteiger partial charge in [-0.3, -0.25) is 9.10 Å². The second kappa shape index (κ2) is 14.4. The lowest BCUT2D eigenvalue weighted by Crippen LogP contribution is -2.39. The van der Waals surface area contributed by atoms with Crippen molar-refractivity contribution in [2.75, 3.05) is 17.5 Å². The molecule has 4 rings (SSSR count). The van der Waals surface area contributed by atoms with Crippen molar-refractivity contribution in [3.8, 4) is 11.5 Å². The van der Waals surface area contributed by atoms with Gasteiger partial charge in [-0.25, -0.2) is 13.8 Å². The van der Waals surface area contributed by atoms with Crippen LogP contribution < -0.4 is 19.2 Å². The smallest absolute Gasteiger partial charge is 0.264 e. The predicted octanol–water partition coefficient (Wildman–Crippen LogP) is 6.93. The molecule has 0 bridgehead atoms. The molecule has 224 valence electrons. The van der Waals surface area contributed by atoms with E-state index in [0.29, 0.717) is 40.3 Å². The summed E-state index contributed by atoms with van der Waals surface area (Å²) in [6.45, 7) is 5.76. The van der Waals surface area contributed by atoms with Crippen LogP contribution in [0.5, 0.6) is 11.5 Å². The van der Waals surface area contributed by atoms with Crippen molar-refractivity contribution in [1.29, 1.82) is 0 Å². The lowest BCUT2D eigenvalue weighted by Gasteiger charge is -2.24. The van der Waals surface area contributed by atoms with Crippen molar-refractivity contribution in [3.05, 3.63) is 117 Å². The van der Waals surface area contributed by atoms with E-state index in [1.165, 1.54) is 24.4 Å². The molecule has 0 spiro atoms. The van der Waals surface area contributed by atoms with Crippen LogP contribution in [0.1, 0.15) is 29.2 Å². The maximum absolute atomic E-state index is 13.6. The van der Waals surface area contributed by atoms with E-state index in [4.69, 9.17) is 32.7 Å². The number of rotatable bonds is 12. The first kappa shape index (κ1) is 31.9. The first-order valence-corrected chi connectivity index (χ1v) is 15.6. The summed E-state index contributed by atoms with van der Waals surface area (Å²) in [7, 11) is -4.09. The molecular weight excluding hydrogens is 609 g/mol. The van der Waals surface area contributed by atoms with E-state index in [1.54, 1.807) is 54.6 Å². The van der Waals surface area contributed by atoms with Gasteiger partial charge in [-0.15, -0.1) is 0 Å². The predicted molar refractivity (Wildman–Crippen MR) is 171 cm³/mol. The highest BCUT2D eigenvalue weighted by atomic mass is 35.5. The van der Waals surface area contributed by atoms with Crippen molar-refractivity contribution >= 4 is 51.0 Å². The topological polar surface area (TPSA) is 97.3 Å². The third kappa shape index (κ3) is 8.50. The minimum atomic E-state index is -4.09. The number of nitrogens with one attached hydrogen (secondary N) is 1. The van der Waals surface area contributed by atoms with Gasteiger partial charge in [0.05, 0.1) is 23.4 Å². The summed E-state index contributed by atoms with van der Waals surface area (Å²) < 4.78 is 39.9. The number of nitrogens with zero attached hydrogens (tertiary/aromatic N) is 2. The van der Waals surface area contributed by atoms with Crippen molar-refractivity contribution in [3.63, 3.8) is 0 Å². The molecule has 11 heteroatoms. The lowest BCUT2D eigenvalue weighted by molar-refractivity contribution is -0.119. The van der Waals surface area contributed by atoms with Gasteiger partial charge in [0.2, 0.25) is 0 Å². The third-order valence-corrected chi connectivity index (χ3v) is 8.76. The fourth-order valence-electron chi connectivity index (χ4n) is 3.97. The monoisotopic (exact) mass is 639 g/mol. The highest BCUT2D eigenvalue weighted by Crippen LogP contribution is 2.30. The molecule has 0 radical (unpaired) electrons. The fourth-order valence-corrected chi connectivity index (χ4v) is 5.68. The number of hydrogen-bond donors (Lipinski definition) is 1. The van der Waals surface area contributed by atoms with Crippen LogP contribution in [0.15, 0.2) is 94.9 Å². The van der Waals surface area contributed by atoms with Crippen LogP contribution in [0.2, 0.25) is 10.0 Å². The Morgan fingerprint density at radius 2 is 1.63 bits per heavy atom. The molecule has 43 heavy (non-hydrogen) atoms. The van der Waals surface area contributed by atoms with E-state index >= 15 is 0 Å². The highest BCUT2D eigenvalue weighted by molar-refractivity contribution is 7.92. The zero-order valence-corrected chi connectivity index (χ0v) is 26.2. The SMILES string of the molecule is CCOc1cc(/C=N\NC(=O)CN(c2ccc(C)c(Cl)c2)S(=O)(=O)c2ccc(C)cc2)ccc1OCc1ccc(Cl)cc1. The van der Waals surface area contributed by atoms with Gasteiger partial charge in [0.15, 0.2) is 11.5 Å². The largest absolute Gasteiger partial charge is 0.490 e. The molecule has 1 amide bonds. The summed E-state index contributed by atoms with van der Waals surface area (Å²) in [6.07, 6.45) is 1.44. The number of carbonyl (C=O) groups is 1. The van der Waals surface area contributed by atoms with Gasteiger partial charge in [0.25, 0.3) is 15.9 Å². The number of hydrazone groups is 1. The van der Waals surface area contributed by atoms with E-state index < -0.39 is 22.5 Å².